The third-order valence-corrected chi connectivity index (χ3v) is 5.13. The lowest BCUT2D eigenvalue weighted by molar-refractivity contribution is 0.650. The van der Waals surface area contributed by atoms with E-state index in [0.717, 1.165) is 22.2 Å². The number of aromatic nitrogens is 3. The first kappa shape index (κ1) is 16.4. The minimum atomic E-state index is -0.314. The van der Waals surface area contributed by atoms with Crippen molar-refractivity contribution in [3.63, 3.8) is 0 Å². The Morgan fingerprint density at radius 3 is 2.73 bits per heavy atom. The first-order valence-electron chi connectivity index (χ1n) is 8.72. The first-order valence-corrected chi connectivity index (χ1v) is 8.72. The lowest BCUT2D eigenvalue weighted by Gasteiger charge is -2.19. The quantitative estimate of drug-likeness (QED) is 0.705. The van der Waals surface area contributed by atoms with Crippen LogP contribution in [0.15, 0.2) is 46.5 Å². The molecule has 3 aromatic rings. The molecule has 0 radical (unpaired) electrons. The van der Waals surface area contributed by atoms with Gasteiger partial charge in [0.15, 0.2) is 0 Å². The van der Waals surface area contributed by atoms with E-state index < -0.39 is 0 Å². The molecular formula is C21H21N3O2. The fourth-order valence-electron chi connectivity index (χ4n) is 3.54. The van der Waals surface area contributed by atoms with E-state index in [4.69, 9.17) is 0 Å². The number of aromatic amines is 2. The average Bonchev–Trinajstić information content (AvgIpc) is 3.25. The zero-order valence-corrected chi connectivity index (χ0v) is 14.9. The molecule has 1 aromatic carbocycles. The largest absolute Gasteiger partial charge is 0.357 e. The normalized spacial score (nSPS) is 14.5. The maximum absolute atomic E-state index is 12.8. The van der Waals surface area contributed by atoms with Crippen LogP contribution in [0.25, 0.3) is 23.1 Å². The Morgan fingerprint density at radius 1 is 1.19 bits per heavy atom. The molecule has 5 nitrogen and oxygen atoms in total. The van der Waals surface area contributed by atoms with Crippen LogP contribution in [0.1, 0.15) is 31.5 Å². The van der Waals surface area contributed by atoms with Gasteiger partial charge in [-0.25, -0.2) is 0 Å². The molecular weight excluding hydrogens is 326 g/mol. The van der Waals surface area contributed by atoms with E-state index in [1.807, 2.05) is 36.4 Å². The fraction of sp³-hybridized carbons (Fsp3) is 0.238. The molecule has 0 spiro atoms. The Bertz CT molecular complexity index is 1270. The Labute approximate surface area is 150 Å². The third kappa shape index (κ3) is 2.39. The molecule has 4 rings (SSSR count). The summed E-state index contributed by atoms with van der Waals surface area (Å²) in [7, 11) is 0. The van der Waals surface area contributed by atoms with Gasteiger partial charge >= 0.3 is 0 Å². The van der Waals surface area contributed by atoms with Gasteiger partial charge in [-0.3, -0.25) is 9.59 Å². The van der Waals surface area contributed by atoms with Gasteiger partial charge < -0.3 is 14.5 Å². The summed E-state index contributed by atoms with van der Waals surface area (Å²) in [6, 6.07) is 7.94. The van der Waals surface area contributed by atoms with Crippen molar-refractivity contribution in [2.75, 3.05) is 0 Å². The lowest BCUT2D eigenvalue weighted by Crippen LogP contribution is -2.51. The summed E-state index contributed by atoms with van der Waals surface area (Å²) in [5.74, 6) is 0. The predicted molar refractivity (Wildman–Crippen MR) is 105 cm³/mol. The lowest BCUT2D eigenvalue weighted by atomic mass is 9.86. The monoisotopic (exact) mass is 347 g/mol. The molecule has 5 heteroatoms. The standard InChI is InChI=1S/C21H21N3O2/c1-4-21(2,3)18-14(13-8-5-6-9-15(13)22-18)12-16-20(26)24-11-7-10-17(24)19(25)23-16/h4-6,8-10,12,22H,1,7,11H2,2-3H3,(H,23,25). The van der Waals surface area contributed by atoms with Crippen LogP contribution in [-0.4, -0.2) is 14.5 Å². The number of H-pyrrole nitrogens is 2. The van der Waals surface area contributed by atoms with Gasteiger partial charge in [-0.15, -0.1) is 6.58 Å². The minimum absolute atomic E-state index is 0.166. The molecule has 0 unspecified atom stereocenters. The Hall–Kier alpha value is -3.08. The van der Waals surface area contributed by atoms with E-state index in [2.05, 4.69) is 30.4 Å². The molecule has 0 amide bonds. The Morgan fingerprint density at radius 2 is 1.96 bits per heavy atom. The highest BCUT2D eigenvalue weighted by Crippen LogP contribution is 2.32. The van der Waals surface area contributed by atoms with Crippen LogP contribution in [0.3, 0.4) is 0 Å². The fourth-order valence-corrected chi connectivity index (χ4v) is 3.54. The van der Waals surface area contributed by atoms with Crippen molar-refractivity contribution in [1.29, 1.82) is 0 Å². The number of rotatable bonds is 3. The van der Waals surface area contributed by atoms with Gasteiger partial charge in [0, 0.05) is 34.1 Å². The number of fused-ring (bicyclic) bond motifs is 2. The van der Waals surface area contributed by atoms with E-state index in [1.54, 1.807) is 10.6 Å². The second-order valence-electron chi connectivity index (χ2n) is 7.23. The van der Waals surface area contributed by atoms with Gasteiger partial charge in [0.1, 0.15) is 10.7 Å². The van der Waals surface area contributed by atoms with Crippen molar-refractivity contribution >= 4 is 23.1 Å². The number of hydrogen-bond donors (Lipinski definition) is 2. The summed E-state index contributed by atoms with van der Waals surface area (Å²) in [6.07, 6.45) is 6.18. The molecule has 0 saturated heterocycles. The van der Waals surface area contributed by atoms with Gasteiger partial charge in [-0.05, 0) is 18.6 Å². The van der Waals surface area contributed by atoms with E-state index in [0.29, 0.717) is 23.7 Å². The van der Waals surface area contributed by atoms with Crippen molar-refractivity contribution in [1.82, 2.24) is 14.5 Å². The van der Waals surface area contributed by atoms with Crippen molar-refractivity contribution in [3.05, 3.63) is 79.6 Å². The van der Waals surface area contributed by atoms with Crippen LogP contribution in [0.5, 0.6) is 0 Å². The molecule has 3 heterocycles. The van der Waals surface area contributed by atoms with Crippen molar-refractivity contribution in [2.24, 2.45) is 0 Å². The molecule has 0 aliphatic carbocycles. The molecule has 0 atom stereocenters. The van der Waals surface area contributed by atoms with Crippen LogP contribution in [0, 0.1) is 0 Å². The zero-order chi connectivity index (χ0) is 18.5. The molecule has 2 aromatic heterocycles. The predicted octanol–water partition coefficient (Wildman–Crippen LogP) is 1.49. The molecule has 0 fully saturated rings. The molecule has 26 heavy (non-hydrogen) atoms. The maximum atomic E-state index is 12.8. The zero-order valence-electron chi connectivity index (χ0n) is 14.9. The molecule has 1 aliphatic heterocycles. The van der Waals surface area contributed by atoms with Gasteiger partial charge in [-0.2, -0.15) is 0 Å². The van der Waals surface area contributed by atoms with Crippen LogP contribution < -0.4 is 21.8 Å². The smallest absolute Gasteiger partial charge is 0.274 e. The topological polar surface area (TPSA) is 70.7 Å². The summed E-state index contributed by atoms with van der Waals surface area (Å²) in [4.78, 5) is 31.4. The van der Waals surface area contributed by atoms with Crippen molar-refractivity contribution in [2.45, 2.75) is 32.2 Å². The average molecular weight is 347 g/mol. The van der Waals surface area contributed by atoms with E-state index in [-0.39, 0.29) is 16.5 Å². The number of nitrogens with one attached hydrogen (secondary N) is 2. The molecule has 0 saturated carbocycles. The van der Waals surface area contributed by atoms with Crippen molar-refractivity contribution < 1.29 is 0 Å². The van der Waals surface area contributed by atoms with Crippen LogP contribution >= 0.6 is 0 Å². The van der Waals surface area contributed by atoms with Gasteiger partial charge in [0.2, 0.25) is 0 Å². The summed E-state index contributed by atoms with van der Waals surface area (Å²) in [5, 5.41) is 1.77. The maximum Gasteiger partial charge on any atom is 0.274 e. The molecule has 2 N–H and O–H groups in total. The Balaban J connectivity index is 2.10. The summed E-state index contributed by atoms with van der Waals surface area (Å²) in [5.41, 5.74) is 2.15. The number of para-hydroxylation sites is 1. The Kier molecular flexibility index (Phi) is 3.61. The molecule has 1 aliphatic rings. The highest BCUT2D eigenvalue weighted by Gasteiger charge is 2.23. The summed E-state index contributed by atoms with van der Waals surface area (Å²) >= 11 is 0. The van der Waals surface area contributed by atoms with Crippen LogP contribution in [0.4, 0.5) is 0 Å². The number of hydrogen-bond acceptors (Lipinski definition) is 2. The van der Waals surface area contributed by atoms with Gasteiger partial charge in [0.25, 0.3) is 11.1 Å². The first-order chi connectivity index (χ1) is 12.4. The third-order valence-electron chi connectivity index (χ3n) is 5.13. The molecule has 132 valence electrons. The van der Waals surface area contributed by atoms with E-state index >= 15 is 0 Å². The highest BCUT2D eigenvalue weighted by molar-refractivity contribution is 5.91. The number of nitrogens with zero attached hydrogens (tertiary/aromatic N) is 1. The van der Waals surface area contributed by atoms with E-state index in [1.165, 1.54) is 0 Å². The van der Waals surface area contributed by atoms with Crippen LogP contribution in [-0.2, 0) is 12.0 Å². The highest BCUT2D eigenvalue weighted by atomic mass is 16.1. The van der Waals surface area contributed by atoms with Crippen molar-refractivity contribution in [3.8, 4) is 0 Å². The van der Waals surface area contributed by atoms with Gasteiger partial charge in [0.05, 0.1) is 0 Å². The SMILES string of the molecule is C=CC(C)(C)c1[nH]c2ccccc2c1C=c1[nH]c(=O)c2n(c1=O)CCC=2. The summed E-state index contributed by atoms with van der Waals surface area (Å²) in [6.45, 7) is 8.63. The number of benzene rings is 1. The summed E-state index contributed by atoms with van der Waals surface area (Å²) < 4.78 is 1.55. The van der Waals surface area contributed by atoms with Gasteiger partial charge in [-0.1, -0.05) is 44.2 Å². The second-order valence-corrected chi connectivity index (χ2v) is 7.23. The molecule has 0 bridgehead atoms. The number of allylic oxidation sites excluding steroid dienone is 1. The van der Waals surface area contributed by atoms with E-state index in [9.17, 15) is 9.59 Å². The minimum Gasteiger partial charge on any atom is -0.357 e. The second kappa shape index (κ2) is 5.73. The van der Waals surface area contributed by atoms with Crippen LogP contribution in [0.2, 0.25) is 0 Å².